The smallest absolute Gasteiger partial charge is 0.164 e. The van der Waals surface area contributed by atoms with Crippen LogP contribution in [0.25, 0.3) is 32.9 Å². The molecule has 0 saturated carbocycles. The average molecular weight is 802 g/mol. The molecule has 4 aromatic rings. The van der Waals surface area contributed by atoms with Gasteiger partial charge < -0.3 is 5.11 Å². The van der Waals surface area contributed by atoms with Crippen molar-refractivity contribution >= 4 is 40.7 Å². The van der Waals surface area contributed by atoms with E-state index < -0.39 is 8.07 Å². The number of allylic oxidation sites excluding steroid dienone is 2. The maximum atomic E-state index is 12.2. The number of nitrogens with zero attached hydrogens (tertiary/aromatic N) is 2. The third-order valence-electron chi connectivity index (χ3n) is 9.63. The molecule has 1 heterocycles. The summed E-state index contributed by atoms with van der Waals surface area (Å²) < 4.78 is 0. The van der Waals surface area contributed by atoms with Gasteiger partial charge >= 0.3 is 0 Å². The molecule has 6 heteroatoms. The van der Waals surface area contributed by atoms with E-state index in [1.807, 2.05) is 48.5 Å². The number of hydrogen-bond acceptors (Lipinski definition) is 4. The number of ketones is 1. The Balaban J connectivity index is 0.000000343. The van der Waals surface area contributed by atoms with Gasteiger partial charge in [0, 0.05) is 42.4 Å². The van der Waals surface area contributed by atoms with Crippen LogP contribution >= 0.6 is 0 Å². The number of fused-ring (bicyclic) bond motifs is 3. The first-order valence-corrected chi connectivity index (χ1v) is 19.7. The molecule has 245 valence electrons. The number of rotatable bonds is 9. The fourth-order valence-corrected chi connectivity index (χ4v) is 7.22. The Bertz CT molecular complexity index is 1660. The van der Waals surface area contributed by atoms with Crippen molar-refractivity contribution in [3.8, 4) is 11.3 Å². The summed E-state index contributed by atoms with van der Waals surface area (Å²) in [4.78, 5) is 21.9. The first-order valence-electron chi connectivity index (χ1n) is 16.2. The molecule has 4 nitrogen and oxygen atoms in total. The molecular weight excluding hydrogens is 749 g/mol. The molecule has 1 aromatic heterocycles. The van der Waals surface area contributed by atoms with Crippen molar-refractivity contribution in [3.05, 3.63) is 77.3 Å². The molecule has 3 aromatic carbocycles. The van der Waals surface area contributed by atoms with Gasteiger partial charge in [0.25, 0.3) is 0 Å². The second-order valence-corrected chi connectivity index (χ2v) is 19.0. The quantitative estimate of drug-likeness (QED) is 0.0602. The van der Waals surface area contributed by atoms with E-state index in [2.05, 4.69) is 82.0 Å². The molecule has 45 heavy (non-hydrogen) atoms. The molecule has 1 N–H and O–H groups in total. The Kier molecular flexibility index (Phi) is 13.1. The summed E-state index contributed by atoms with van der Waals surface area (Å²) in [6, 6.07) is 18.9. The molecule has 0 atom stereocenters. The van der Waals surface area contributed by atoms with E-state index in [1.165, 1.54) is 27.6 Å². The number of aliphatic hydroxyl groups is 1. The number of aromatic nitrogens is 2. The molecular formula is C39H53IrN2O2Si-. The van der Waals surface area contributed by atoms with Gasteiger partial charge in [0.15, 0.2) is 5.78 Å². The second-order valence-electron chi connectivity index (χ2n) is 13.9. The van der Waals surface area contributed by atoms with Crippen molar-refractivity contribution in [3.63, 3.8) is 0 Å². The van der Waals surface area contributed by atoms with Crippen LogP contribution in [0.1, 0.15) is 84.2 Å². The van der Waals surface area contributed by atoms with Crippen molar-refractivity contribution in [1.82, 2.24) is 9.97 Å². The molecule has 0 fully saturated rings. The van der Waals surface area contributed by atoms with Crippen molar-refractivity contribution in [2.75, 3.05) is 0 Å². The minimum absolute atomic E-state index is 0. The summed E-state index contributed by atoms with van der Waals surface area (Å²) in [6.07, 6.45) is 4.75. The van der Waals surface area contributed by atoms with Crippen molar-refractivity contribution in [1.29, 1.82) is 0 Å². The third kappa shape index (κ3) is 8.58. The number of aryl methyl sites for hydroxylation is 3. The predicted molar refractivity (Wildman–Crippen MR) is 192 cm³/mol. The normalized spacial score (nSPS) is 12.5. The van der Waals surface area contributed by atoms with E-state index in [0.29, 0.717) is 0 Å². The van der Waals surface area contributed by atoms with Gasteiger partial charge in [-0.25, -0.2) is 4.98 Å². The van der Waals surface area contributed by atoms with Gasteiger partial charge in [0.1, 0.15) is 11.6 Å². The number of carbonyl (C=O) groups excluding carboxylic acids is 1. The minimum Gasteiger partial charge on any atom is -0.512 e. The van der Waals surface area contributed by atoms with Crippen LogP contribution in [0.15, 0.2) is 54.3 Å². The summed E-state index contributed by atoms with van der Waals surface area (Å²) >= 11 is 0. The van der Waals surface area contributed by atoms with Crippen LogP contribution in [0, 0.1) is 37.7 Å². The number of carbonyl (C=O) groups is 1. The van der Waals surface area contributed by atoms with Gasteiger partial charge in [-0.1, -0.05) is 111 Å². The van der Waals surface area contributed by atoms with Crippen molar-refractivity contribution in [2.45, 2.75) is 108 Å². The van der Waals surface area contributed by atoms with E-state index in [0.717, 1.165) is 59.2 Å². The SMILES string of the molecule is CCC(C)(CC)C(=O)/C=C(\O)C(C)(CC)CC.Cc1[c-]c(-c2nc(C)nc3c2ccc2cccc([Si](C)(C)C)c23)cc(C)c1.[Ir]. The molecule has 0 aliphatic carbocycles. The fourth-order valence-electron chi connectivity index (χ4n) is 5.61. The summed E-state index contributed by atoms with van der Waals surface area (Å²) in [5, 5.41) is 15.3. The second kappa shape index (κ2) is 15.3. The number of hydrogen-bond donors (Lipinski definition) is 1. The van der Waals surface area contributed by atoms with Gasteiger partial charge in [-0.3, -0.25) is 9.78 Å². The molecule has 0 amide bonds. The zero-order valence-electron chi connectivity index (χ0n) is 29.5. The van der Waals surface area contributed by atoms with E-state index in [-0.39, 0.29) is 42.5 Å². The summed E-state index contributed by atoms with van der Waals surface area (Å²) in [6.45, 7) is 25.5. The van der Waals surface area contributed by atoms with Crippen LogP contribution in [-0.4, -0.2) is 28.9 Å². The topological polar surface area (TPSA) is 63.1 Å². The zero-order chi connectivity index (χ0) is 33.0. The van der Waals surface area contributed by atoms with Gasteiger partial charge in [-0.15, -0.1) is 34.9 Å². The minimum atomic E-state index is -1.52. The molecule has 4 rings (SSSR count). The van der Waals surface area contributed by atoms with Crippen molar-refractivity contribution in [2.24, 2.45) is 10.8 Å². The summed E-state index contributed by atoms with van der Waals surface area (Å²) in [7, 11) is -1.52. The van der Waals surface area contributed by atoms with E-state index >= 15 is 0 Å². The Morgan fingerprint density at radius 2 is 1.49 bits per heavy atom. The Morgan fingerprint density at radius 1 is 0.889 bits per heavy atom. The van der Waals surface area contributed by atoms with Crippen LogP contribution in [-0.2, 0) is 24.9 Å². The Morgan fingerprint density at radius 3 is 2.02 bits per heavy atom. The molecule has 0 spiro atoms. The standard InChI is InChI=1S/C24H25N2Si.C15H28O2.Ir/c1-15-12-16(2)14-19(13-15)23-20-11-10-18-8-7-9-21(27(4,5)6)22(18)24(20)26-17(3)25-23;1-7-14(5,8-2)12(16)11-13(17)15(6,9-3)10-4;/h7-13H,1-6H3;11,16H,7-10H2,1-6H3;/q-1;;/b;12-11-;. The first kappa shape index (κ1) is 38.5. The molecule has 0 bridgehead atoms. The summed E-state index contributed by atoms with van der Waals surface area (Å²) in [5.74, 6) is 1.09. The van der Waals surface area contributed by atoms with E-state index in [1.54, 1.807) is 0 Å². The zero-order valence-corrected chi connectivity index (χ0v) is 32.9. The molecule has 0 aliphatic rings. The van der Waals surface area contributed by atoms with Crippen LogP contribution < -0.4 is 5.19 Å². The Labute approximate surface area is 286 Å². The third-order valence-corrected chi connectivity index (χ3v) is 11.7. The fraction of sp³-hybridized carbons (Fsp3) is 0.462. The summed E-state index contributed by atoms with van der Waals surface area (Å²) in [5.41, 5.74) is 4.87. The maximum Gasteiger partial charge on any atom is 0.164 e. The van der Waals surface area contributed by atoms with E-state index in [4.69, 9.17) is 9.97 Å². The van der Waals surface area contributed by atoms with Gasteiger partial charge in [0.2, 0.25) is 0 Å². The van der Waals surface area contributed by atoms with Crippen LogP contribution in [0.3, 0.4) is 0 Å². The predicted octanol–water partition coefficient (Wildman–Crippen LogP) is 10.4. The largest absolute Gasteiger partial charge is 0.512 e. The van der Waals surface area contributed by atoms with Gasteiger partial charge in [0.05, 0.1) is 13.6 Å². The first-order chi connectivity index (χ1) is 20.5. The monoisotopic (exact) mass is 802 g/mol. The van der Waals surface area contributed by atoms with Crippen LogP contribution in [0.4, 0.5) is 0 Å². The number of benzene rings is 3. The molecule has 1 radical (unpaired) electrons. The van der Waals surface area contributed by atoms with Gasteiger partial charge in [-0.2, -0.15) is 0 Å². The molecule has 0 saturated heterocycles. The van der Waals surface area contributed by atoms with Crippen LogP contribution in [0.5, 0.6) is 0 Å². The number of aliphatic hydroxyl groups excluding tert-OH is 1. The maximum absolute atomic E-state index is 12.2. The molecule has 0 unspecified atom stereocenters. The van der Waals surface area contributed by atoms with Gasteiger partial charge in [-0.05, 0) is 49.1 Å². The Hall–Kier alpha value is -2.66. The van der Waals surface area contributed by atoms with Crippen LogP contribution in [0.2, 0.25) is 19.6 Å². The van der Waals surface area contributed by atoms with E-state index in [9.17, 15) is 9.90 Å². The average Bonchev–Trinajstić information content (AvgIpc) is 2.98. The van der Waals surface area contributed by atoms with Crippen molar-refractivity contribution < 1.29 is 30.0 Å². The molecule has 0 aliphatic heterocycles.